The molecule has 0 aromatic carbocycles. The number of alkyl halides is 3. The first-order chi connectivity index (χ1) is 7.97. The Bertz CT molecular complexity index is 414. The van der Waals surface area contributed by atoms with E-state index in [2.05, 4.69) is 4.98 Å². The maximum absolute atomic E-state index is 12.3. The van der Waals surface area contributed by atoms with Gasteiger partial charge in [-0.1, -0.05) is 6.07 Å². The zero-order valence-electron chi connectivity index (χ0n) is 8.83. The lowest BCUT2D eigenvalue weighted by molar-refractivity contribution is -0.154. The highest BCUT2D eigenvalue weighted by molar-refractivity contribution is 5.70. The average molecular weight is 245 g/mol. The summed E-state index contributed by atoms with van der Waals surface area (Å²) in [5.74, 6) is -0.318. The molecule has 1 aliphatic heterocycles. The number of hydrogen-bond acceptors (Lipinski definition) is 3. The SMILES string of the molecule is O=C1CCCC(c2ccc(C(F)(F)F)nc2)O1. The van der Waals surface area contributed by atoms with Crippen molar-refractivity contribution in [1.82, 2.24) is 4.98 Å². The van der Waals surface area contributed by atoms with Crippen molar-refractivity contribution in [1.29, 1.82) is 0 Å². The van der Waals surface area contributed by atoms with Gasteiger partial charge in [0.1, 0.15) is 11.8 Å². The predicted molar refractivity (Wildman–Crippen MR) is 51.9 cm³/mol. The molecular weight excluding hydrogens is 235 g/mol. The smallest absolute Gasteiger partial charge is 0.433 e. The third kappa shape index (κ3) is 2.75. The van der Waals surface area contributed by atoms with Gasteiger partial charge in [0, 0.05) is 18.2 Å². The van der Waals surface area contributed by atoms with E-state index >= 15 is 0 Å². The number of rotatable bonds is 1. The van der Waals surface area contributed by atoms with Crippen molar-refractivity contribution in [2.45, 2.75) is 31.5 Å². The van der Waals surface area contributed by atoms with Gasteiger partial charge in [0.15, 0.2) is 0 Å². The summed E-state index contributed by atoms with van der Waals surface area (Å²) >= 11 is 0. The minimum absolute atomic E-state index is 0.318. The molecule has 0 N–H and O–H groups in total. The van der Waals surface area contributed by atoms with Crippen molar-refractivity contribution < 1.29 is 22.7 Å². The first-order valence-corrected chi connectivity index (χ1v) is 5.19. The molecule has 0 radical (unpaired) electrons. The predicted octanol–water partition coefficient (Wildman–Crippen LogP) is 2.87. The Morgan fingerprint density at radius 2 is 2.12 bits per heavy atom. The number of pyridine rings is 1. The Balaban J connectivity index is 2.15. The second kappa shape index (κ2) is 4.35. The van der Waals surface area contributed by atoms with Crippen LogP contribution in [0.25, 0.3) is 0 Å². The van der Waals surface area contributed by atoms with Crippen molar-refractivity contribution in [2.24, 2.45) is 0 Å². The minimum atomic E-state index is -4.44. The van der Waals surface area contributed by atoms with Gasteiger partial charge >= 0.3 is 12.1 Å². The molecule has 1 saturated heterocycles. The monoisotopic (exact) mass is 245 g/mol. The number of cyclic esters (lactones) is 1. The zero-order chi connectivity index (χ0) is 12.5. The molecule has 1 aromatic heterocycles. The van der Waals surface area contributed by atoms with Crippen LogP contribution in [0, 0.1) is 0 Å². The summed E-state index contributed by atoms with van der Waals surface area (Å²) in [5.41, 5.74) is -0.436. The molecule has 1 fully saturated rings. The first-order valence-electron chi connectivity index (χ1n) is 5.19. The topological polar surface area (TPSA) is 39.2 Å². The van der Waals surface area contributed by atoms with E-state index in [9.17, 15) is 18.0 Å². The Hall–Kier alpha value is -1.59. The van der Waals surface area contributed by atoms with E-state index in [0.717, 1.165) is 12.3 Å². The number of aromatic nitrogens is 1. The lowest BCUT2D eigenvalue weighted by Crippen LogP contribution is -2.17. The van der Waals surface area contributed by atoms with Gasteiger partial charge in [-0.3, -0.25) is 9.78 Å². The highest BCUT2D eigenvalue weighted by Crippen LogP contribution is 2.31. The van der Waals surface area contributed by atoms with E-state index in [4.69, 9.17) is 4.74 Å². The van der Waals surface area contributed by atoms with E-state index in [-0.39, 0.29) is 5.97 Å². The van der Waals surface area contributed by atoms with Crippen LogP contribution < -0.4 is 0 Å². The Morgan fingerprint density at radius 3 is 2.65 bits per heavy atom. The third-order valence-corrected chi connectivity index (χ3v) is 2.57. The molecular formula is C11H10F3NO2. The molecule has 1 unspecified atom stereocenters. The second-order valence-corrected chi connectivity index (χ2v) is 3.85. The number of esters is 1. The Labute approximate surface area is 95.6 Å². The van der Waals surface area contributed by atoms with Crippen molar-refractivity contribution >= 4 is 5.97 Å². The van der Waals surface area contributed by atoms with Crippen LogP contribution in [0.5, 0.6) is 0 Å². The molecule has 0 amide bonds. The Morgan fingerprint density at radius 1 is 1.35 bits per heavy atom. The minimum Gasteiger partial charge on any atom is -0.457 e. The van der Waals surface area contributed by atoms with Gasteiger partial charge in [-0.2, -0.15) is 13.2 Å². The quantitative estimate of drug-likeness (QED) is 0.714. The number of halogens is 3. The van der Waals surface area contributed by atoms with Crippen LogP contribution in [0.3, 0.4) is 0 Å². The Kier molecular flexibility index (Phi) is 3.04. The van der Waals surface area contributed by atoms with E-state index in [1.807, 2.05) is 0 Å². The van der Waals surface area contributed by atoms with Crippen molar-refractivity contribution in [3.63, 3.8) is 0 Å². The van der Waals surface area contributed by atoms with E-state index in [1.54, 1.807) is 0 Å². The van der Waals surface area contributed by atoms with Gasteiger partial charge in [-0.25, -0.2) is 0 Å². The average Bonchev–Trinajstić information content (AvgIpc) is 2.28. The highest BCUT2D eigenvalue weighted by atomic mass is 19.4. The van der Waals surface area contributed by atoms with Gasteiger partial charge in [0.2, 0.25) is 0 Å². The van der Waals surface area contributed by atoms with Crippen LogP contribution in [-0.2, 0) is 15.7 Å². The summed E-state index contributed by atoms with van der Waals surface area (Å²) in [4.78, 5) is 14.4. The second-order valence-electron chi connectivity index (χ2n) is 3.85. The van der Waals surface area contributed by atoms with Crippen molar-refractivity contribution in [3.05, 3.63) is 29.6 Å². The first kappa shape index (κ1) is 11.9. The maximum Gasteiger partial charge on any atom is 0.433 e. The summed E-state index contributed by atoms with van der Waals surface area (Å²) in [7, 11) is 0. The van der Waals surface area contributed by atoms with Crippen LogP contribution in [0.1, 0.15) is 36.6 Å². The third-order valence-electron chi connectivity index (χ3n) is 2.57. The molecule has 0 saturated carbocycles. The molecule has 2 rings (SSSR count). The fourth-order valence-corrected chi connectivity index (χ4v) is 1.71. The number of carbonyl (C=O) groups excluding carboxylic acids is 1. The van der Waals surface area contributed by atoms with Gasteiger partial charge < -0.3 is 4.74 Å². The highest BCUT2D eigenvalue weighted by Gasteiger charge is 2.32. The number of carbonyl (C=O) groups is 1. The number of ether oxygens (including phenoxy) is 1. The fraction of sp³-hybridized carbons (Fsp3) is 0.455. The molecule has 2 heterocycles. The summed E-state index contributed by atoms with van der Waals surface area (Å²) in [6.45, 7) is 0. The van der Waals surface area contributed by atoms with Crippen LogP contribution in [-0.4, -0.2) is 11.0 Å². The molecule has 1 aromatic rings. The van der Waals surface area contributed by atoms with Crippen LogP contribution in [0.15, 0.2) is 18.3 Å². The van der Waals surface area contributed by atoms with Crippen LogP contribution in [0.4, 0.5) is 13.2 Å². The van der Waals surface area contributed by atoms with Gasteiger partial charge in [0.05, 0.1) is 0 Å². The number of nitrogens with zero attached hydrogens (tertiary/aromatic N) is 1. The van der Waals surface area contributed by atoms with E-state index < -0.39 is 18.0 Å². The molecule has 92 valence electrons. The molecule has 0 aliphatic carbocycles. The summed E-state index contributed by atoms with van der Waals surface area (Å²) in [6, 6.07) is 2.21. The number of hydrogen-bond donors (Lipinski definition) is 0. The lowest BCUT2D eigenvalue weighted by atomic mass is 10.0. The largest absolute Gasteiger partial charge is 0.457 e. The van der Waals surface area contributed by atoms with E-state index in [0.29, 0.717) is 24.8 Å². The molecule has 1 atom stereocenters. The van der Waals surface area contributed by atoms with Gasteiger partial charge in [0.25, 0.3) is 0 Å². The van der Waals surface area contributed by atoms with Gasteiger partial charge in [-0.15, -0.1) is 0 Å². The van der Waals surface area contributed by atoms with E-state index in [1.165, 1.54) is 6.07 Å². The summed E-state index contributed by atoms with van der Waals surface area (Å²) in [6.07, 6.45) is -2.12. The lowest BCUT2D eigenvalue weighted by Gasteiger charge is -2.22. The molecule has 0 spiro atoms. The molecule has 1 aliphatic rings. The summed E-state index contributed by atoms with van der Waals surface area (Å²) < 4.78 is 41.9. The normalized spacial score (nSPS) is 21.1. The summed E-state index contributed by atoms with van der Waals surface area (Å²) in [5, 5.41) is 0. The van der Waals surface area contributed by atoms with Crippen molar-refractivity contribution in [3.8, 4) is 0 Å². The van der Waals surface area contributed by atoms with Crippen molar-refractivity contribution in [2.75, 3.05) is 0 Å². The zero-order valence-corrected chi connectivity index (χ0v) is 8.83. The standard InChI is InChI=1S/C11H10F3NO2/c12-11(13,14)9-5-4-7(6-15-9)8-2-1-3-10(16)17-8/h4-6,8H,1-3H2. The van der Waals surface area contributed by atoms with Crippen LogP contribution >= 0.6 is 0 Å². The van der Waals surface area contributed by atoms with Crippen LogP contribution in [0.2, 0.25) is 0 Å². The molecule has 0 bridgehead atoms. The molecule has 3 nitrogen and oxygen atoms in total. The van der Waals surface area contributed by atoms with Gasteiger partial charge in [-0.05, 0) is 18.9 Å². The molecule has 6 heteroatoms. The molecule has 17 heavy (non-hydrogen) atoms. The maximum atomic E-state index is 12.3. The fourth-order valence-electron chi connectivity index (χ4n) is 1.71.